The normalized spacial score (nSPS) is 16.9. The zero-order chi connectivity index (χ0) is 62.1. The molecule has 3 unspecified atom stereocenters. The summed E-state index contributed by atoms with van der Waals surface area (Å²) in [6.45, 7) is 28.4. The number of hydrogen-bond acceptors (Lipinski definition) is 17. The summed E-state index contributed by atoms with van der Waals surface area (Å²) >= 11 is 0. The predicted octanol–water partition coefficient (Wildman–Crippen LogP) is 25.2. The summed E-state index contributed by atoms with van der Waals surface area (Å²) in [6.07, 6.45) is 50.3. The summed E-state index contributed by atoms with van der Waals surface area (Å²) in [5.74, 6) is 0.908. The van der Waals surface area contributed by atoms with Crippen molar-refractivity contribution in [3.63, 3.8) is 0 Å². The Morgan fingerprint density at radius 3 is 0.941 bits per heavy atom. The second kappa shape index (κ2) is 60.1. The van der Waals surface area contributed by atoms with Crippen LogP contribution in [0.4, 0.5) is 0 Å². The lowest BCUT2D eigenvalue weighted by molar-refractivity contribution is -0.380. The second-order valence-electron chi connectivity index (χ2n) is 23.4. The van der Waals surface area contributed by atoms with Crippen molar-refractivity contribution < 1.29 is 42.6 Å². The van der Waals surface area contributed by atoms with E-state index in [9.17, 15) is 0 Å². The minimum absolute atomic E-state index is 0.510. The minimum Gasteiger partial charge on any atom is -0.328 e. The fourth-order valence-corrected chi connectivity index (χ4v) is 26.8. The van der Waals surface area contributed by atoms with E-state index >= 15 is 0 Å². The third-order valence-electron chi connectivity index (χ3n) is 16.8. The van der Waals surface area contributed by atoms with Crippen molar-refractivity contribution >= 4 is 82.5 Å². The summed E-state index contributed by atoms with van der Waals surface area (Å²) in [4.78, 5) is 0. The van der Waals surface area contributed by atoms with E-state index in [4.69, 9.17) is 42.6 Å². The van der Waals surface area contributed by atoms with Gasteiger partial charge in [-0.05, 0) is 190 Å². The van der Waals surface area contributed by atoms with Crippen molar-refractivity contribution in [1.29, 1.82) is 0 Å². The van der Waals surface area contributed by atoms with Crippen LogP contribution >= 0.6 is 82.5 Å². The maximum Gasteiger partial charge on any atom is 0.282 e. The Morgan fingerprint density at radius 2 is 0.635 bits per heavy atom. The van der Waals surface area contributed by atoms with Gasteiger partial charge in [0, 0.05) is 101 Å². The molecular weight excluding hydrogens is 1220 g/mol. The first kappa shape index (κ1) is 85.5. The quantitative estimate of drug-likeness (QED) is 0.0329. The van der Waals surface area contributed by atoms with Crippen molar-refractivity contribution in [2.24, 2.45) is 11.3 Å². The molecule has 0 spiro atoms. The van der Waals surface area contributed by atoms with Gasteiger partial charge in [0.15, 0.2) is 0 Å². The molecule has 0 saturated heterocycles. The Labute approximate surface area is 558 Å². The van der Waals surface area contributed by atoms with Crippen molar-refractivity contribution in [2.45, 2.75) is 355 Å². The molecule has 0 aromatic heterocycles. The molecule has 1 aliphatic rings. The minimum atomic E-state index is -0.856. The van der Waals surface area contributed by atoms with Gasteiger partial charge in [0.1, 0.15) is 0 Å². The van der Waals surface area contributed by atoms with Gasteiger partial charge in [-0.3, -0.25) is 0 Å². The number of ether oxygens (including phenoxy) is 9. The van der Waals surface area contributed by atoms with Crippen LogP contribution in [0, 0.1) is 11.3 Å². The smallest absolute Gasteiger partial charge is 0.282 e. The molecule has 0 N–H and O–H groups in total. The Bertz CT molecular complexity index is 1280. The summed E-state index contributed by atoms with van der Waals surface area (Å²) < 4.78 is 53.5. The van der Waals surface area contributed by atoms with Crippen molar-refractivity contribution in [1.82, 2.24) is 0 Å². The molecule has 0 aliphatic heterocycles. The average molecular weight is 1350 g/mol. The van der Waals surface area contributed by atoms with Gasteiger partial charge in [-0.25, -0.2) is 0 Å². The van der Waals surface area contributed by atoms with E-state index in [0.29, 0.717) is 64.9 Å². The zero-order valence-corrected chi connectivity index (χ0v) is 63.6. The molecule has 0 aromatic carbocycles. The SMILES string of the molecule is CCCC(CCCCCCCCCC(OCC)(OCC)OCC)SSSSCCC1(CCSSSSC(CCC)CCCCCCCCCC(OCC)(OCC)OCC)CCCCC1CCCCCCCCCCCC(OCC)(OCC)OCC. The van der Waals surface area contributed by atoms with E-state index in [1.165, 1.54) is 223 Å². The number of unbranched alkanes of at least 4 members (excludes halogenated alkanes) is 20. The summed E-state index contributed by atoms with van der Waals surface area (Å²) in [5, 5.41) is 1.55. The molecule has 0 radical (unpaired) electrons. The molecule has 1 rings (SSSR count). The van der Waals surface area contributed by atoms with E-state index in [-0.39, 0.29) is 0 Å². The molecule has 510 valence electrons. The molecule has 1 saturated carbocycles. The molecule has 0 aromatic rings. The topological polar surface area (TPSA) is 83.1 Å². The van der Waals surface area contributed by atoms with E-state index in [2.05, 4.69) is 96.3 Å². The lowest BCUT2D eigenvalue weighted by Gasteiger charge is -2.45. The summed E-state index contributed by atoms with van der Waals surface area (Å²) in [5.41, 5.74) is 0.510. The molecule has 0 bridgehead atoms. The molecule has 0 amide bonds. The monoisotopic (exact) mass is 1350 g/mol. The van der Waals surface area contributed by atoms with Crippen LogP contribution < -0.4 is 0 Å². The number of hydrogen-bond donors (Lipinski definition) is 0. The Kier molecular flexibility index (Phi) is 60.5. The van der Waals surface area contributed by atoms with Gasteiger partial charge in [0.25, 0.3) is 17.9 Å². The highest BCUT2D eigenvalue weighted by molar-refractivity contribution is 9.26. The van der Waals surface area contributed by atoms with Crippen molar-refractivity contribution in [3.05, 3.63) is 0 Å². The van der Waals surface area contributed by atoms with Crippen LogP contribution in [0.1, 0.15) is 327 Å². The molecule has 1 aliphatic carbocycles. The highest BCUT2D eigenvalue weighted by Crippen LogP contribution is 2.54. The van der Waals surface area contributed by atoms with Crippen molar-refractivity contribution in [2.75, 3.05) is 71.0 Å². The van der Waals surface area contributed by atoms with Crippen LogP contribution in [0.15, 0.2) is 0 Å². The lowest BCUT2D eigenvalue weighted by Crippen LogP contribution is -2.39. The van der Waals surface area contributed by atoms with Gasteiger partial charge in [-0.2, -0.15) is 0 Å². The molecule has 85 heavy (non-hydrogen) atoms. The molecule has 3 atom stereocenters. The zero-order valence-electron chi connectivity index (χ0n) is 57.0. The van der Waals surface area contributed by atoms with Crippen molar-refractivity contribution in [3.8, 4) is 0 Å². The van der Waals surface area contributed by atoms with Crippen LogP contribution in [0.5, 0.6) is 0 Å². The lowest BCUT2D eigenvalue weighted by atomic mass is 9.62. The van der Waals surface area contributed by atoms with Gasteiger partial charge in [-0.15, -0.1) is 0 Å². The van der Waals surface area contributed by atoms with Gasteiger partial charge < -0.3 is 42.6 Å². The molecule has 17 heteroatoms. The van der Waals surface area contributed by atoms with E-state index in [1.807, 2.05) is 62.3 Å². The Balaban J connectivity index is 2.67. The average Bonchev–Trinajstić information content (AvgIpc) is 3.65. The van der Waals surface area contributed by atoms with Crippen LogP contribution in [-0.4, -0.2) is 99.4 Å². The third-order valence-corrected chi connectivity index (χ3v) is 30.6. The largest absolute Gasteiger partial charge is 0.328 e. The molecule has 9 nitrogen and oxygen atoms in total. The van der Waals surface area contributed by atoms with E-state index in [0.717, 1.165) is 54.9 Å². The first-order valence-corrected chi connectivity index (χ1v) is 45.7. The predicted molar refractivity (Wildman–Crippen MR) is 388 cm³/mol. The van der Waals surface area contributed by atoms with E-state index in [1.54, 1.807) is 0 Å². The first-order valence-electron chi connectivity index (χ1n) is 35.6. The Morgan fingerprint density at radius 1 is 0.341 bits per heavy atom. The van der Waals surface area contributed by atoms with Crippen LogP contribution in [0.3, 0.4) is 0 Å². The Hall–Kier alpha value is 2.44. The van der Waals surface area contributed by atoms with Gasteiger partial charge in [0.05, 0.1) is 0 Å². The summed E-state index contributed by atoms with van der Waals surface area (Å²) in [6, 6.07) is 0. The van der Waals surface area contributed by atoms with E-state index < -0.39 is 17.9 Å². The second-order valence-corrected chi connectivity index (χ2v) is 36.1. The fraction of sp³-hybridized carbons (Fsp3) is 1.00. The highest BCUT2D eigenvalue weighted by Gasteiger charge is 2.40. The van der Waals surface area contributed by atoms with Crippen LogP contribution in [0.25, 0.3) is 0 Å². The van der Waals surface area contributed by atoms with Crippen LogP contribution in [-0.2, 0) is 42.6 Å². The first-order chi connectivity index (χ1) is 41.6. The maximum absolute atomic E-state index is 5.96. The third kappa shape index (κ3) is 43.2. The summed E-state index contributed by atoms with van der Waals surface area (Å²) in [7, 11) is 17.0. The van der Waals surface area contributed by atoms with Gasteiger partial charge in [-0.1, -0.05) is 211 Å². The number of rotatable bonds is 68. The molecular formula is C68H136O9S8. The van der Waals surface area contributed by atoms with Gasteiger partial charge in [0.2, 0.25) is 0 Å². The van der Waals surface area contributed by atoms with Gasteiger partial charge >= 0.3 is 0 Å². The molecule has 0 heterocycles. The van der Waals surface area contributed by atoms with Crippen LogP contribution in [0.2, 0.25) is 0 Å². The maximum atomic E-state index is 5.96. The fourth-order valence-electron chi connectivity index (χ4n) is 12.6. The molecule has 1 fully saturated rings. The standard InChI is InChI=1S/C68H136O9S8/c1-12-48-63(52-41-35-29-26-32-38-45-56-67(72-17-6,73-18-7)74-19-8)80-84-82-78-60-58-65(54-47-43-51-62(65)50-40-34-28-24-23-25-31-37-44-55-66(69-14-3,70-15-4)71-16-5)59-61-79-83-85-81-64(49-13-2)53-42-36-30-27-33-39-46-57-68(75-20-9,76-21-10)77-22-11/h62-64H,12-61H2,1-11H3. The highest BCUT2D eigenvalue weighted by atomic mass is 33.7.